The predicted octanol–water partition coefficient (Wildman–Crippen LogP) is 4.47. The van der Waals surface area contributed by atoms with E-state index in [1.54, 1.807) is 0 Å². The van der Waals surface area contributed by atoms with Gasteiger partial charge in [0.05, 0.1) is 12.0 Å². The van der Waals surface area contributed by atoms with E-state index in [9.17, 15) is 4.79 Å². The Kier molecular flexibility index (Phi) is 5.29. The van der Waals surface area contributed by atoms with Crippen LogP contribution in [0.5, 0.6) is 11.5 Å². The summed E-state index contributed by atoms with van der Waals surface area (Å²) in [5, 5.41) is 3.16. The molecule has 0 saturated heterocycles. The number of hydrogen-bond acceptors (Lipinski definition) is 3. The van der Waals surface area contributed by atoms with E-state index in [2.05, 4.69) is 5.32 Å². The fraction of sp³-hybridized carbons (Fsp3) is 0.208. The highest BCUT2D eigenvalue weighted by molar-refractivity contribution is 5.87. The van der Waals surface area contributed by atoms with Crippen molar-refractivity contribution in [2.24, 2.45) is 0 Å². The smallest absolute Gasteiger partial charge is 0.232 e. The monoisotopic (exact) mass is 373 g/mol. The highest BCUT2D eigenvalue weighted by Crippen LogP contribution is 2.33. The van der Waals surface area contributed by atoms with Crippen LogP contribution in [0.3, 0.4) is 0 Å². The number of amides is 1. The molecule has 0 aromatic heterocycles. The third-order valence-electron chi connectivity index (χ3n) is 4.95. The zero-order chi connectivity index (χ0) is 19.3. The van der Waals surface area contributed by atoms with Gasteiger partial charge in [-0.1, -0.05) is 66.7 Å². The van der Waals surface area contributed by atoms with Crippen molar-refractivity contribution in [3.63, 3.8) is 0 Å². The summed E-state index contributed by atoms with van der Waals surface area (Å²) in [4.78, 5) is 13.2. The van der Waals surface area contributed by atoms with Crippen LogP contribution in [0.15, 0.2) is 78.9 Å². The molecule has 4 heteroatoms. The Morgan fingerprint density at radius 3 is 1.96 bits per heavy atom. The summed E-state index contributed by atoms with van der Waals surface area (Å²) < 4.78 is 11.2. The minimum atomic E-state index is -0.359. The molecule has 1 unspecified atom stereocenters. The first-order valence-electron chi connectivity index (χ1n) is 9.52. The largest absolute Gasteiger partial charge is 0.486 e. The van der Waals surface area contributed by atoms with Crippen molar-refractivity contribution >= 4 is 5.91 Å². The summed E-state index contributed by atoms with van der Waals surface area (Å²) in [5.74, 6) is 1.09. The van der Waals surface area contributed by atoms with E-state index in [0.29, 0.717) is 13.2 Å². The van der Waals surface area contributed by atoms with E-state index in [1.165, 1.54) is 0 Å². The Hall–Kier alpha value is -3.27. The van der Waals surface area contributed by atoms with Gasteiger partial charge in [0, 0.05) is 0 Å². The average molecular weight is 373 g/mol. The first-order valence-corrected chi connectivity index (χ1v) is 9.52. The van der Waals surface area contributed by atoms with Crippen LogP contribution in [0, 0.1) is 0 Å². The zero-order valence-electron chi connectivity index (χ0n) is 15.8. The molecule has 0 aliphatic carbocycles. The molecule has 4 rings (SSSR count). The number of carbonyl (C=O) groups excluding carboxylic acids is 1. The minimum Gasteiger partial charge on any atom is -0.486 e. The maximum Gasteiger partial charge on any atom is 0.232 e. The maximum atomic E-state index is 13.2. The molecular weight excluding hydrogens is 350 g/mol. The van der Waals surface area contributed by atoms with Crippen molar-refractivity contribution in [1.82, 2.24) is 5.32 Å². The second kappa shape index (κ2) is 8.17. The Morgan fingerprint density at radius 2 is 1.36 bits per heavy atom. The lowest BCUT2D eigenvalue weighted by molar-refractivity contribution is -0.122. The van der Waals surface area contributed by atoms with Gasteiger partial charge in [-0.3, -0.25) is 4.79 Å². The number of ether oxygens (including phenoxy) is 2. The number of fused-ring (bicyclic) bond motifs is 1. The van der Waals surface area contributed by atoms with Crippen molar-refractivity contribution in [2.75, 3.05) is 13.2 Å². The molecule has 0 radical (unpaired) electrons. The zero-order valence-corrected chi connectivity index (χ0v) is 15.8. The van der Waals surface area contributed by atoms with Gasteiger partial charge in [0.2, 0.25) is 5.91 Å². The normalized spacial score (nSPS) is 13.8. The summed E-state index contributed by atoms with van der Waals surface area (Å²) in [7, 11) is 0. The SMILES string of the molecule is CC(NC(=O)C(c1ccccc1)c1ccccc1)c1ccc2c(c1)OCCO2. The van der Waals surface area contributed by atoms with E-state index in [0.717, 1.165) is 28.2 Å². The van der Waals surface area contributed by atoms with Crippen LogP contribution in [0.1, 0.15) is 35.6 Å². The van der Waals surface area contributed by atoms with Gasteiger partial charge in [0.15, 0.2) is 11.5 Å². The molecule has 1 N–H and O–H groups in total. The molecular formula is C24H23NO3. The molecule has 0 bridgehead atoms. The van der Waals surface area contributed by atoms with Crippen molar-refractivity contribution in [3.05, 3.63) is 95.6 Å². The lowest BCUT2D eigenvalue weighted by atomic mass is 9.90. The van der Waals surface area contributed by atoms with Crippen LogP contribution >= 0.6 is 0 Å². The first-order chi connectivity index (χ1) is 13.7. The quantitative estimate of drug-likeness (QED) is 0.718. The van der Waals surface area contributed by atoms with Crippen LogP contribution in [0.25, 0.3) is 0 Å². The van der Waals surface area contributed by atoms with Crippen molar-refractivity contribution in [2.45, 2.75) is 18.9 Å². The topological polar surface area (TPSA) is 47.6 Å². The van der Waals surface area contributed by atoms with Gasteiger partial charge >= 0.3 is 0 Å². The molecule has 142 valence electrons. The summed E-state index contributed by atoms with van der Waals surface area (Å²) in [6.07, 6.45) is 0. The summed E-state index contributed by atoms with van der Waals surface area (Å²) in [6, 6.07) is 25.4. The second-order valence-electron chi connectivity index (χ2n) is 6.89. The second-order valence-corrected chi connectivity index (χ2v) is 6.89. The fourth-order valence-corrected chi connectivity index (χ4v) is 3.50. The Morgan fingerprint density at radius 1 is 0.786 bits per heavy atom. The number of hydrogen-bond donors (Lipinski definition) is 1. The van der Waals surface area contributed by atoms with Gasteiger partial charge in [0.1, 0.15) is 13.2 Å². The molecule has 3 aromatic rings. The van der Waals surface area contributed by atoms with Crippen molar-refractivity contribution in [1.29, 1.82) is 0 Å². The number of carbonyl (C=O) groups is 1. The van der Waals surface area contributed by atoms with Gasteiger partial charge in [0.25, 0.3) is 0 Å². The highest BCUT2D eigenvalue weighted by Gasteiger charge is 2.24. The van der Waals surface area contributed by atoms with Crippen LogP contribution in [0.2, 0.25) is 0 Å². The van der Waals surface area contributed by atoms with Crippen LogP contribution in [0.4, 0.5) is 0 Å². The highest BCUT2D eigenvalue weighted by atomic mass is 16.6. The third-order valence-corrected chi connectivity index (χ3v) is 4.95. The average Bonchev–Trinajstić information content (AvgIpc) is 2.75. The van der Waals surface area contributed by atoms with Crippen LogP contribution in [-0.4, -0.2) is 19.1 Å². The Bertz CT molecular complexity index is 901. The molecule has 4 nitrogen and oxygen atoms in total. The Labute approximate surface area is 165 Å². The third kappa shape index (κ3) is 3.86. The molecule has 1 atom stereocenters. The molecule has 3 aromatic carbocycles. The van der Waals surface area contributed by atoms with E-state index in [4.69, 9.17) is 9.47 Å². The number of benzene rings is 3. The van der Waals surface area contributed by atoms with Gasteiger partial charge in [-0.25, -0.2) is 0 Å². The molecule has 1 aliphatic heterocycles. The molecule has 28 heavy (non-hydrogen) atoms. The fourth-order valence-electron chi connectivity index (χ4n) is 3.50. The van der Waals surface area contributed by atoms with Crippen molar-refractivity contribution in [3.8, 4) is 11.5 Å². The van der Waals surface area contributed by atoms with Gasteiger partial charge < -0.3 is 14.8 Å². The summed E-state index contributed by atoms with van der Waals surface area (Å²) in [6.45, 7) is 3.09. The van der Waals surface area contributed by atoms with E-state index in [1.807, 2.05) is 85.8 Å². The molecule has 0 spiro atoms. The molecule has 0 fully saturated rings. The summed E-state index contributed by atoms with van der Waals surface area (Å²) >= 11 is 0. The van der Waals surface area contributed by atoms with Crippen molar-refractivity contribution < 1.29 is 14.3 Å². The van der Waals surface area contributed by atoms with Crippen LogP contribution < -0.4 is 14.8 Å². The maximum absolute atomic E-state index is 13.2. The minimum absolute atomic E-state index is 0.0280. The van der Waals surface area contributed by atoms with Crippen LogP contribution in [-0.2, 0) is 4.79 Å². The number of rotatable bonds is 5. The molecule has 1 amide bonds. The standard InChI is InChI=1S/C24H23NO3/c1-17(20-12-13-21-22(16-20)28-15-14-27-21)25-24(26)23(18-8-4-2-5-9-18)19-10-6-3-7-11-19/h2-13,16-17,23H,14-15H2,1H3,(H,25,26). The molecule has 1 heterocycles. The van der Waals surface area contributed by atoms with E-state index in [-0.39, 0.29) is 17.9 Å². The van der Waals surface area contributed by atoms with E-state index < -0.39 is 0 Å². The summed E-state index contributed by atoms with van der Waals surface area (Å²) in [5.41, 5.74) is 2.93. The molecule has 1 aliphatic rings. The lowest BCUT2D eigenvalue weighted by Crippen LogP contribution is -2.32. The van der Waals surface area contributed by atoms with Gasteiger partial charge in [-0.15, -0.1) is 0 Å². The lowest BCUT2D eigenvalue weighted by Gasteiger charge is -2.23. The van der Waals surface area contributed by atoms with Gasteiger partial charge in [-0.05, 0) is 35.7 Å². The van der Waals surface area contributed by atoms with Gasteiger partial charge in [-0.2, -0.15) is 0 Å². The molecule has 0 saturated carbocycles. The Balaban J connectivity index is 1.57. The van der Waals surface area contributed by atoms with E-state index >= 15 is 0 Å². The number of nitrogens with one attached hydrogen (secondary N) is 1. The first kappa shape index (κ1) is 18.1. The predicted molar refractivity (Wildman–Crippen MR) is 109 cm³/mol.